The van der Waals surface area contributed by atoms with Gasteiger partial charge in [0.25, 0.3) is 0 Å². The second-order valence-corrected chi connectivity index (χ2v) is 10.8. The van der Waals surface area contributed by atoms with E-state index >= 15 is 0 Å². The predicted molar refractivity (Wildman–Crippen MR) is 82.8 cm³/mol. The van der Waals surface area contributed by atoms with Crippen molar-refractivity contribution < 1.29 is 14.0 Å². The molecule has 0 N–H and O–H groups in total. The molecule has 112 valence electrons. The second kappa shape index (κ2) is 7.85. The SMILES string of the molecule is CCCC(C)(C)[Si](C)(C)OC/C(C)=C/C(=O)OCC. The molecule has 0 fully saturated rings. The molecule has 4 heteroatoms. The van der Waals surface area contributed by atoms with Gasteiger partial charge in [-0.3, -0.25) is 0 Å². The van der Waals surface area contributed by atoms with E-state index in [1.54, 1.807) is 6.92 Å². The summed E-state index contributed by atoms with van der Waals surface area (Å²) in [5.74, 6) is -0.282. The number of hydrogen-bond acceptors (Lipinski definition) is 3. The molecule has 0 aromatic rings. The van der Waals surface area contributed by atoms with Gasteiger partial charge in [-0.1, -0.05) is 27.2 Å². The van der Waals surface area contributed by atoms with Crippen LogP contribution in [0.2, 0.25) is 18.1 Å². The van der Waals surface area contributed by atoms with Crippen molar-refractivity contribution in [2.45, 2.75) is 65.6 Å². The van der Waals surface area contributed by atoms with E-state index in [9.17, 15) is 4.79 Å². The van der Waals surface area contributed by atoms with Gasteiger partial charge in [0.15, 0.2) is 8.32 Å². The Balaban J connectivity index is 4.49. The summed E-state index contributed by atoms with van der Waals surface area (Å²) in [5.41, 5.74) is 0.923. The molecule has 0 aliphatic rings. The summed E-state index contributed by atoms with van der Waals surface area (Å²) in [6.07, 6.45) is 3.87. The first-order valence-corrected chi connectivity index (χ1v) is 10.0. The first-order chi connectivity index (χ1) is 8.66. The van der Waals surface area contributed by atoms with Crippen LogP contribution in [-0.2, 0) is 14.0 Å². The summed E-state index contributed by atoms with van der Waals surface area (Å²) in [4.78, 5) is 11.3. The van der Waals surface area contributed by atoms with Crippen LogP contribution >= 0.6 is 0 Å². The molecule has 19 heavy (non-hydrogen) atoms. The van der Waals surface area contributed by atoms with Crippen LogP contribution in [0.5, 0.6) is 0 Å². The molecule has 0 unspecified atom stereocenters. The lowest BCUT2D eigenvalue weighted by atomic mass is 10.1. The maximum absolute atomic E-state index is 11.3. The van der Waals surface area contributed by atoms with E-state index in [0.29, 0.717) is 13.2 Å². The highest BCUT2D eigenvalue weighted by Crippen LogP contribution is 2.42. The number of carbonyl (C=O) groups is 1. The lowest BCUT2D eigenvalue weighted by Crippen LogP contribution is -2.42. The number of hydrogen-bond donors (Lipinski definition) is 0. The first-order valence-electron chi connectivity index (χ1n) is 7.14. The zero-order valence-electron chi connectivity index (χ0n) is 13.6. The van der Waals surface area contributed by atoms with E-state index in [1.807, 2.05) is 6.92 Å². The van der Waals surface area contributed by atoms with Crippen LogP contribution in [0.3, 0.4) is 0 Å². The zero-order valence-corrected chi connectivity index (χ0v) is 14.6. The average molecular weight is 286 g/mol. The number of carbonyl (C=O) groups excluding carboxylic acids is 1. The standard InChI is InChI=1S/C15H30O3Si/c1-8-10-15(4,5)19(6,7)18-12-13(3)11-14(16)17-9-2/h11H,8-10,12H2,1-7H3/b13-11+. The third-order valence-corrected chi connectivity index (χ3v) is 8.19. The monoisotopic (exact) mass is 286 g/mol. The molecular formula is C15H30O3Si. The highest BCUT2D eigenvalue weighted by atomic mass is 28.4. The van der Waals surface area contributed by atoms with Gasteiger partial charge in [0.2, 0.25) is 0 Å². The van der Waals surface area contributed by atoms with Crippen molar-refractivity contribution in [3.8, 4) is 0 Å². The zero-order chi connectivity index (χ0) is 15.1. The fraction of sp³-hybridized carbons (Fsp3) is 0.800. The Morgan fingerprint density at radius 3 is 2.32 bits per heavy atom. The molecule has 0 atom stereocenters. The van der Waals surface area contributed by atoms with Crippen LogP contribution in [0, 0.1) is 0 Å². The van der Waals surface area contributed by atoms with Crippen LogP contribution in [0.4, 0.5) is 0 Å². The van der Waals surface area contributed by atoms with E-state index < -0.39 is 8.32 Å². The summed E-state index contributed by atoms with van der Waals surface area (Å²) in [7, 11) is -1.78. The Bertz CT molecular complexity index is 319. The van der Waals surface area contributed by atoms with Crippen molar-refractivity contribution in [1.82, 2.24) is 0 Å². The van der Waals surface area contributed by atoms with Crippen LogP contribution in [-0.4, -0.2) is 27.5 Å². The topological polar surface area (TPSA) is 35.5 Å². The molecule has 0 bridgehead atoms. The highest BCUT2D eigenvalue weighted by Gasteiger charge is 2.40. The normalized spacial score (nSPS) is 13.5. The fourth-order valence-corrected chi connectivity index (χ4v) is 3.67. The van der Waals surface area contributed by atoms with E-state index in [4.69, 9.17) is 9.16 Å². The van der Waals surface area contributed by atoms with Crippen molar-refractivity contribution in [2.75, 3.05) is 13.2 Å². The van der Waals surface area contributed by atoms with E-state index in [-0.39, 0.29) is 11.0 Å². The minimum atomic E-state index is -1.78. The minimum absolute atomic E-state index is 0.242. The van der Waals surface area contributed by atoms with Crippen LogP contribution in [0.1, 0.15) is 47.5 Å². The van der Waals surface area contributed by atoms with E-state index in [0.717, 1.165) is 5.57 Å². The van der Waals surface area contributed by atoms with E-state index in [2.05, 4.69) is 33.9 Å². The van der Waals surface area contributed by atoms with Crippen molar-refractivity contribution in [3.63, 3.8) is 0 Å². The summed E-state index contributed by atoms with van der Waals surface area (Å²) >= 11 is 0. The fourth-order valence-electron chi connectivity index (χ4n) is 1.84. The van der Waals surface area contributed by atoms with Crippen molar-refractivity contribution in [3.05, 3.63) is 11.6 Å². The van der Waals surface area contributed by atoms with Gasteiger partial charge in [-0.25, -0.2) is 4.79 Å². The van der Waals surface area contributed by atoms with Crippen molar-refractivity contribution in [2.24, 2.45) is 0 Å². The van der Waals surface area contributed by atoms with Gasteiger partial charge >= 0.3 is 5.97 Å². The molecule has 0 saturated carbocycles. The maximum atomic E-state index is 11.3. The molecule has 0 heterocycles. The van der Waals surface area contributed by atoms with Gasteiger partial charge in [-0.05, 0) is 44.0 Å². The lowest BCUT2D eigenvalue weighted by Gasteiger charge is -2.39. The summed E-state index contributed by atoms with van der Waals surface area (Å²) < 4.78 is 11.0. The molecule has 0 rings (SSSR count). The molecule has 0 aromatic carbocycles. The Morgan fingerprint density at radius 2 is 1.84 bits per heavy atom. The molecule has 0 aliphatic carbocycles. The second-order valence-electron chi connectivity index (χ2n) is 6.18. The van der Waals surface area contributed by atoms with Gasteiger partial charge in [-0.15, -0.1) is 0 Å². The summed E-state index contributed by atoms with van der Waals surface area (Å²) in [6.45, 7) is 15.9. The van der Waals surface area contributed by atoms with Gasteiger partial charge < -0.3 is 9.16 Å². The van der Waals surface area contributed by atoms with Crippen molar-refractivity contribution in [1.29, 1.82) is 0 Å². The lowest BCUT2D eigenvalue weighted by molar-refractivity contribution is -0.137. The predicted octanol–water partition coefficient (Wildman–Crippen LogP) is 4.30. The largest absolute Gasteiger partial charge is 0.463 e. The van der Waals surface area contributed by atoms with Crippen molar-refractivity contribution >= 4 is 14.3 Å². The molecule has 0 aromatic heterocycles. The summed E-state index contributed by atoms with van der Waals surface area (Å²) in [5, 5.41) is 0.242. The number of rotatable bonds is 8. The molecular weight excluding hydrogens is 256 g/mol. The number of ether oxygens (including phenoxy) is 1. The molecule has 3 nitrogen and oxygen atoms in total. The highest BCUT2D eigenvalue weighted by molar-refractivity contribution is 6.74. The van der Waals surface area contributed by atoms with Crippen LogP contribution < -0.4 is 0 Å². The van der Waals surface area contributed by atoms with Gasteiger partial charge in [0.05, 0.1) is 13.2 Å². The smallest absolute Gasteiger partial charge is 0.330 e. The van der Waals surface area contributed by atoms with E-state index in [1.165, 1.54) is 18.9 Å². The van der Waals surface area contributed by atoms with Gasteiger partial charge in [-0.2, -0.15) is 0 Å². The summed E-state index contributed by atoms with van der Waals surface area (Å²) in [6, 6.07) is 0. The van der Waals surface area contributed by atoms with Crippen LogP contribution in [0.25, 0.3) is 0 Å². The van der Waals surface area contributed by atoms with Crippen LogP contribution in [0.15, 0.2) is 11.6 Å². The third kappa shape index (κ3) is 6.39. The average Bonchev–Trinajstić information content (AvgIpc) is 2.26. The quantitative estimate of drug-likeness (QED) is 0.379. The Hall–Kier alpha value is -0.613. The molecule has 0 spiro atoms. The maximum Gasteiger partial charge on any atom is 0.330 e. The number of esters is 1. The Labute approximate surface area is 119 Å². The van der Waals surface area contributed by atoms with Gasteiger partial charge in [0.1, 0.15) is 0 Å². The molecule has 0 amide bonds. The molecule has 0 saturated heterocycles. The minimum Gasteiger partial charge on any atom is -0.463 e. The Morgan fingerprint density at radius 1 is 1.26 bits per heavy atom. The third-order valence-electron chi connectivity index (χ3n) is 3.82. The molecule has 0 radical (unpaired) electrons. The first kappa shape index (κ1) is 18.4. The molecule has 0 aliphatic heterocycles. The Kier molecular flexibility index (Phi) is 7.60. The van der Waals surface area contributed by atoms with Gasteiger partial charge in [0, 0.05) is 6.08 Å².